The van der Waals surface area contributed by atoms with Crippen molar-refractivity contribution in [3.05, 3.63) is 23.8 Å². The molecule has 0 heterocycles. The summed E-state index contributed by atoms with van der Waals surface area (Å²) in [5, 5.41) is 5.38. The Morgan fingerprint density at radius 3 is 2.59 bits per heavy atom. The van der Waals surface area contributed by atoms with Gasteiger partial charge in [-0.25, -0.2) is 17.9 Å². The van der Waals surface area contributed by atoms with E-state index in [1.165, 1.54) is 0 Å². The lowest BCUT2D eigenvalue weighted by Crippen LogP contribution is -2.32. The maximum absolute atomic E-state index is 11.7. The number of aryl methyl sites for hydroxylation is 1. The first-order valence-electron chi connectivity index (χ1n) is 7.04. The second-order valence-corrected chi connectivity index (χ2v) is 6.81. The van der Waals surface area contributed by atoms with Crippen LogP contribution in [0.25, 0.3) is 0 Å². The Hall–Kier alpha value is -1.80. The van der Waals surface area contributed by atoms with Crippen molar-refractivity contribution < 1.29 is 17.9 Å². The highest BCUT2D eigenvalue weighted by Crippen LogP contribution is 2.21. The molecule has 1 rings (SSSR count). The van der Waals surface area contributed by atoms with E-state index in [-0.39, 0.29) is 11.8 Å². The van der Waals surface area contributed by atoms with Crippen LogP contribution in [0.5, 0.6) is 5.75 Å². The Labute approximate surface area is 131 Å². The van der Waals surface area contributed by atoms with Crippen molar-refractivity contribution in [2.75, 3.05) is 31.3 Å². The van der Waals surface area contributed by atoms with Crippen LogP contribution in [0.15, 0.2) is 18.2 Å². The second-order valence-electron chi connectivity index (χ2n) is 4.72. The van der Waals surface area contributed by atoms with E-state index < -0.39 is 10.0 Å². The first-order chi connectivity index (χ1) is 10.4. The third kappa shape index (κ3) is 6.31. The van der Waals surface area contributed by atoms with E-state index in [1.807, 2.05) is 13.0 Å². The van der Waals surface area contributed by atoms with E-state index in [0.717, 1.165) is 11.3 Å². The SMILES string of the molecule is CCS(=O)(=O)NCCCNC(=O)Nc1ccc(OC)c(C)c1. The Bertz CT molecular complexity index is 602. The van der Waals surface area contributed by atoms with Crippen LogP contribution in [0.4, 0.5) is 10.5 Å². The number of carbonyl (C=O) groups excluding carboxylic acids is 1. The Balaban J connectivity index is 2.31. The molecule has 1 aromatic rings. The fraction of sp³-hybridized carbons (Fsp3) is 0.500. The van der Waals surface area contributed by atoms with Crippen molar-refractivity contribution in [1.29, 1.82) is 0 Å². The van der Waals surface area contributed by atoms with E-state index in [1.54, 1.807) is 26.2 Å². The van der Waals surface area contributed by atoms with Crippen molar-refractivity contribution >= 4 is 21.7 Å². The first-order valence-corrected chi connectivity index (χ1v) is 8.70. The molecule has 0 radical (unpaired) electrons. The number of sulfonamides is 1. The average Bonchev–Trinajstić information content (AvgIpc) is 2.47. The van der Waals surface area contributed by atoms with Gasteiger partial charge in [0.1, 0.15) is 5.75 Å². The minimum absolute atomic E-state index is 0.0533. The molecular formula is C14H23N3O4S. The Morgan fingerprint density at radius 2 is 2.00 bits per heavy atom. The minimum atomic E-state index is -3.17. The number of carbonyl (C=O) groups is 1. The summed E-state index contributed by atoms with van der Waals surface area (Å²) in [6, 6.07) is 5.02. The van der Waals surface area contributed by atoms with Crippen LogP contribution in [-0.4, -0.2) is 40.4 Å². The number of methoxy groups -OCH3 is 1. The van der Waals surface area contributed by atoms with Gasteiger partial charge in [0.2, 0.25) is 10.0 Å². The maximum Gasteiger partial charge on any atom is 0.319 e. The molecule has 0 aromatic heterocycles. The second kappa shape index (κ2) is 8.60. The molecule has 2 amide bonds. The molecule has 1 aromatic carbocycles. The summed E-state index contributed by atoms with van der Waals surface area (Å²) in [7, 11) is -1.58. The predicted molar refractivity (Wildman–Crippen MR) is 86.8 cm³/mol. The molecule has 22 heavy (non-hydrogen) atoms. The van der Waals surface area contributed by atoms with Crippen LogP contribution in [0.2, 0.25) is 0 Å². The molecule has 0 atom stereocenters. The molecule has 8 heteroatoms. The van der Waals surface area contributed by atoms with Gasteiger partial charge in [-0.05, 0) is 44.0 Å². The molecule has 0 saturated carbocycles. The fourth-order valence-electron chi connectivity index (χ4n) is 1.75. The number of benzene rings is 1. The first kappa shape index (κ1) is 18.2. The highest BCUT2D eigenvalue weighted by atomic mass is 32.2. The van der Waals surface area contributed by atoms with Gasteiger partial charge >= 0.3 is 6.03 Å². The highest BCUT2D eigenvalue weighted by Gasteiger charge is 2.06. The number of ether oxygens (including phenoxy) is 1. The van der Waals surface area contributed by atoms with Gasteiger partial charge in [0.15, 0.2) is 0 Å². The number of amides is 2. The van der Waals surface area contributed by atoms with Crippen molar-refractivity contribution in [1.82, 2.24) is 10.0 Å². The topological polar surface area (TPSA) is 96.5 Å². The third-order valence-corrected chi connectivity index (χ3v) is 4.40. The Kier molecular flexibility index (Phi) is 7.13. The number of hydrogen-bond donors (Lipinski definition) is 3. The van der Waals surface area contributed by atoms with Crippen LogP contribution in [0, 0.1) is 6.92 Å². The quantitative estimate of drug-likeness (QED) is 0.629. The predicted octanol–water partition coefficient (Wildman–Crippen LogP) is 1.45. The molecule has 0 aliphatic rings. The van der Waals surface area contributed by atoms with Gasteiger partial charge < -0.3 is 15.4 Å². The molecular weight excluding hydrogens is 306 g/mol. The number of anilines is 1. The summed E-state index contributed by atoms with van der Waals surface area (Å²) in [6.45, 7) is 4.15. The molecule has 0 unspecified atom stereocenters. The van der Waals surface area contributed by atoms with Crippen LogP contribution in [-0.2, 0) is 10.0 Å². The largest absolute Gasteiger partial charge is 0.496 e. The summed E-state index contributed by atoms with van der Waals surface area (Å²) in [5.41, 5.74) is 1.59. The summed E-state index contributed by atoms with van der Waals surface area (Å²) in [6.07, 6.45) is 0.522. The van der Waals surface area contributed by atoms with Crippen molar-refractivity contribution in [3.63, 3.8) is 0 Å². The zero-order valence-corrected chi connectivity index (χ0v) is 13.9. The van der Waals surface area contributed by atoms with Crippen LogP contribution < -0.4 is 20.1 Å². The maximum atomic E-state index is 11.7. The molecule has 0 saturated heterocycles. The van der Waals surface area contributed by atoms with Gasteiger partial charge in [-0.3, -0.25) is 0 Å². The lowest BCUT2D eigenvalue weighted by atomic mass is 10.2. The molecule has 0 spiro atoms. The fourth-order valence-corrected chi connectivity index (χ4v) is 2.41. The van der Waals surface area contributed by atoms with E-state index in [2.05, 4.69) is 15.4 Å². The molecule has 7 nitrogen and oxygen atoms in total. The zero-order chi connectivity index (χ0) is 16.6. The van der Waals surface area contributed by atoms with Crippen molar-refractivity contribution in [2.45, 2.75) is 20.3 Å². The van der Waals surface area contributed by atoms with Gasteiger partial charge in [-0.2, -0.15) is 0 Å². The van der Waals surface area contributed by atoms with Crippen molar-refractivity contribution in [3.8, 4) is 5.75 Å². The summed E-state index contributed by atoms with van der Waals surface area (Å²) < 4.78 is 30.0. The molecule has 0 bridgehead atoms. The van der Waals surface area contributed by atoms with E-state index >= 15 is 0 Å². The van der Waals surface area contributed by atoms with E-state index in [4.69, 9.17) is 4.74 Å². The monoisotopic (exact) mass is 329 g/mol. The Morgan fingerprint density at radius 1 is 1.27 bits per heavy atom. The van der Waals surface area contributed by atoms with Gasteiger partial charge in [0.25, 0.3) is 0 Å². The van der Waals surface area contributed by atoms with E-state index in [0.29, 0.717) is 25.2 Å². The highest BCUT2D eigenvalue weighted by molar-refractivity contribution is 7.89. The molecule has 3 N–H and O–H groups in total. The number of nitrogens with one attached hydrogen (secondary N) is 3. The molecule has 0 fully saturated rings. The molecule has 124 valence electrons. The normalized spacial score (nSPS) is 11.0. The summed E-state index contributed by atoms with van der Waals surface area (Å²) in [4.78, 5) is 11.7. The lowest BCUT2D eigenvalue weighted by molar-refractivity contribution is 0.252. The minimum Gasteiger partial charge on any atom is -0.496 e. The van der Waals surface area contributed by atoms with Crippen LogP contribution in [0.1, 0.15) is 18.9 Å². The van der Waals surface area contributed by atoms with Gasteiger partial charge in [0.05, 0.1) is 12.9 Å². The third-order valence-electron chi connectivity index (χ3n) is 2.99. The van der Waals surface area contributed by atoms with Crippen molar-refractivity contribution in [2.24, 2.45) is 0 Å². The van der Waals surface area contributed by atoms with Gasteiger partial charge in [0, 0.05) is 18.8 Å². The smallest absolute Gasteiger partial charge is 0.319 e. The number of rotatable bonds is 8. The standard InChI is InChI=1S/C14H23N3O4S/c1-4-22(19,20)16-9-5-8-15-14(18)17-12-6-7-13(21-3)11(2)10-12/h6-7,10,16H,4-5,8-9H2,1-3H3,(H2,15,17,18). The van der Waals surface area contributed by atoms with Gasteiger partial charge in [-0.15, -0.1) is 0 Å². The molecule has 0 aliphatic carbocycles. The lowest BCUT2D eigenvalue weighted by Gasteiger charge is -2.10. The van der Waals surface area contributed by atoms with Gasteiger partial charge in [-0.1, -0.05) is 0 Å². The van der Waals surface area contributed by atoms with Crippen LogP contribution >= 0.6 is 0 Å². The average molecular weight is 329 g/mol. The zero-order valence-electron chi connectivity index (χ0n) is 13.1. The summed E-state index contributed by atoms with van der Waals surface area (Å²) in [5.74, 6) is 0.812. The number of urea groups is 1. The van der Waals surface area contributed by atoms with E-state index in [9.17, 15) is 13.2 Å². The number of hydrogen-bond acceptors (Lipinski definition) is 4. The van der Waals surface area contributed by atoms with Crippen LogP contribution in [0.3, 0.4) is 0 Å². The molecule has 0 aliphatic heterocycles. The summed E-state index contributed by atoms with van der Waals surface area (Å²) >= 11 is 0.